The molecule has 0 saturated heterocycles. The smallest absolute Gasteiger partial charge is 0.179 e. The SMILES string of the molecule is C=C(NC(C)(C)C)OC. The van der Waals surface area contributed by atoms with E-state index >= 15 is 0 Å². The van der Waals surface area contributed by atoms with Gasteiger partial charge < -0.3 is 10.1 Å². The minimum Gasteiger partial charge on any atom is -0.483 e. The molecule has 0 aromatic rings. The Labute approximate surface area is 56.9 Å². The fourth-order valence-electron chi connectivity index (χ4n) is 0.469. The minimum atomic E-state index is 0.0487. The second-order valence-electron chi connectivity index (χ2n) is 3.00. The van der Waals surface area contributed by atoms with Crippen LogP contribution in [0.25, 0.3) is 0 Å². The zero-order valence-electron chi connectivity index (χ0n) is 6.62. The molecule has 0 aromatic carbocycles. The van der Waals surface area contributed by atoms with Crippen molar-refractivity contribution < 1.29 is 4.74 Å². The second-order valence-corrected chi connectivity index (χ2v) is 3.00. The largest absolute Gasteiger partial charge is 0.483 e. The summed E-state index contributed by atoms with van der Waals surface area (Å²) in [5.41, 5.74) is 0.0487. The lowest BCUT2D eigenvalue weighted by atomic mass is 10.1. The van der Waals surface area contributed by atoms with Crippen LogP contribution in [-0.4, -0.2) is 12.6 Å². The third kappa shape index (κ3) is 5.21. The molecule has 9 heavy (non-hydrogen) atoms. The fraction of sp³-hybridized carbons (Fsp3) is 0.714. The van der Waals surface area contributed by atoms with Crippen molar-refractivity contribution in [3.8, 4) is 0 Å². The molecule has 2 heteroatoms. The van der Waals surface area contributed by atoms with Crippen LogP contribution in [0.5, 0.6) is 0 Å². The molecular formula is C7H15NO. The Morgan fingerprint density at radius 1 is 1.44 bits per heavy atom. The van der Waals surface area contributed by atoms with Gasteiger partial charge in [0, 0.05) is 5.54 Å². The lowest BCUT2D eigenvalue weighted by Crippen LogP contribution is -2.35. The monoisotopic (exact) mass is 129 g/mol. The summed E-state index contributed by atoms with van der Waals surface area (Å²) in [5.74, 6) is 0.613. The van der Waals surface area contributed by atoms with Crippen molar-refractivity contribution in [2.45, 2.75) is 26.3 Å². The van der Waals surface area contributed by atoms with Crippen LogP contribution < -0.4 is 5.32 Å². The summed E-state index contributed by atoms with van der Waals surface area (Å²) < 4.78 is 4.82. The Morgan fingerprint density at radius 2 is 1.89 bits per heavy atom. The maximum atomic E-state index is 4.82. The molecule has 0 bridgehead atoms. The van der Waals surface area contributed by atoms with Crippen LogP contribution in [0, 0.1) is 0 Å². The van der Waals surface area contributed by atoms with Gasteiger partial charge >= 0.3 is 0 Å². The molecular weight excluding hydrogens is 114 g/mol. The predicted octanol–water partition coefficient (Wildman–Crippen LogP) is 1.49. The number of hydrogen-bond donors (Lipinski definition) is 1. The number of nitrogens with one attached hydrogen (secondary N) is 1. The number of rotatable bonds is 2. The van der Waals surface area contributed by atoms with Crippen molar-refractivity contribution in [3.63, 3.8) is 0 Å². The normalized spacial score (nSPS) is 10.7. The first-order valence-electron chi connectivity index (χ1n) is 2.97. The van der Waals surface area contributed by atoms with Crippen molar-refractivity contribution in [2.24, 2.45) is 0 Å². The number of methoxy groups -OCH3 is 1. The van der Waals surface area contributed by atoms with E-state index in [0.29, 0.717) is 5.88 Å². The molecule has 0 saturated carbocycles. The molecule has 0 rings (SSSR count). The molecule has 2 nitrogen and oxygen atoms in total. The molecule has 0 aromatic heterocycles. The quantitative estimate of drug-likeness (QED) is 0.570. The van der Waals surface area contributed by atoms with Gasteiger partial charge in [-0.1, -0.05) is 0 Å². The molecule has 0 spiro atoms. The van der Waals surface area contributed by atoms with Crippen molar-refractivity contribution in [2.75, 3.05) is 7.11 Å². The van der Waals surface area contributed by atoms with E-state index in [-0.39, 0.29) is 5.54 Å². The maximum absolute atomic E-state index is 4.82. The second kappa shape index (κ2) is 2.76. The van der Waals surface area contributed by atoms with Gasteiger partial charge in [0.2, 0.25) is 0 Å². The van der Waals surface area contributed by atoms with Gasteiger partial charge in [-0.25, -0.2) is 0 Å². The van der Waals surface area contributed by atoms with E-state index in [1.807, 2.05) is 0 Å². The van der Waals surface area contributed by atoms with Gasteiger partial charge in [-0.05, 0) is 27.4 Å². The van der Waals surface area contributed by atoms with E-state index in [1.54, 1.807) is 7.11 Å². The summed E-state index contributed by atoms with van der Waals surface area (Å²) in [6, 6.07) is 0. The molecule has 0 radical (unpaired) electrons. The van der Waals surface area contributed by atoms with E-state index in [4.69, 9.17) is 4.74 Å². The van der Waals surface area contributed by atoms with Crippen LogP contribution in [0.1, 0.15) is 20.8 Å². The van der Waals surface area contributed by atoms with Crippen molar-refractivity contribution in [3.05, 3.63) is 12.5 Å². The highest BCUT2D eigenvalue weighted by molar-refractivity contribution is 4.86. The zero-order chi connectivity index (χ0) is 7.49. The minimum absolute atomic E-state index is 0.0487. The first kappa shape index (κ1) is 8.34. The molecule has 0 atom stereocenters. The highest BCUT2D eigenvalue weighted by atomic mass is 16.5. The van der Waals surface area contributed by atoms with Gasteiger partial charge in [0.15, 0.2) is 5.88 Å². The van der Waals surface area contributed by atoms with Gasteiger partial charge in [-0.15, -0.1) is 0 Å². The standard InChI is InChI=1S/C7H15NO/c1-6(9-5)8-7(2,3)4/h8H,1H2,2-5H3. The van der Waals surface area contributed by atoms with Gasteiger partial charge in [0.25, 0.3) is 0 Å². The average Bonchev–Trinajstić information content (AvgIpc) is 1.62. The van der Waals surface area contributed by atoms with E-state index in [9.17, 15) is 0 Å². The van der Waals surface area contributed by atoms with Gasteiger partial charge in [0.1, 0.15) is 0 Å². The number of hydrogen-bond acceptors (Lipinski definition) is 2. The fourth-order valence-corrected chi connectivity index (χ4v) is 0.469. The van der Waals surface area contributed by atoms with E-state index in [1.165, 1.54) is 0 Å². The molecule has 0 aliphatic heterocycles. The highest BCUT2D eigenvalue weighted by Crippen LogP contribution is 2.01. The van der Waals surface area contributed by atoms with Crippen LogP contribution in [0.3, 0.4) is 0 Å². The molecule has 0 aliphatic rings. The van der Waals surface area contributed by atoms with E-state index < -0.39 is 0 Å². The van der Waals surface area contributed by atoms with Crippen LogP contribution in [0.4, 0.5) is 0 Å². The first-order valence-corrected chi connectivity index (χ1v) is 2.97. The zero-order valence-corrected chi connectivity index (χ0v) is 6.62. The summed E-state index contributed by atoms with van der Waals surface area (Å²) in [5, 5.41) is 3.05. The maximum Gasteiger partial charge on any atom is 0.179 e. The van der Waals surface area contributed by atoms with E-state index in [0.717, 1.165) is 0 Å². The molecule has 0 fully saturated rings. The summed E-state index contributed by atoms with van der Waals surface area (Å²) in [6.07, 6.45) is 0. The van der Waals surface area contributed by atoms with Crippen LogP contribution in [0.2, 0.25) is 0 Å². The predicted molar refractivity (Wildman–Crippen MR) is 39.0 cm³/mol. The van der Waals surface area contributed by atoms with Crippen molar-refractivity contribution >= 4 is 0 Å². The van der Waals surface area contributed by atoms with Gasteiger partial charge in [-0.3, -0.25) is 0 Å². The molecule has 0 heterocycles. The first-order chi connectivity index (χ1) is 3.95. The Morgan fingerprint density at radius 3 is 2.00 bits per heavy atom. The van der Waals surface area contributed by atoms with Crippen LogP contribution in [0.15, 0.2) is 12.5 Å². The Bertz CT molecular complexity index is 102. The summed E-state index contributed by atoms with van der Waals surface area (Å²) in [4.78, 5) is 0. The Hall–Kier alpha value is -0.660. The molecule has 0 aliphatic carbocycles. The topological polar surface area (TPSA) is 21.3 Å². The van der Waals surface area contributed by atoms with Crippen molar-refractivity contribution in [1.29, 1.82) is 0 Å². The van der Waals surface area contributed by atoms with Gasteiger partial charge in [-0.2, -0.15) is 0 Å². The summed E-state index contributed by atoms with van der Waals surface area (Å²) >= 11 is 0. The summed E-state index contributed by atoms with van der Waals surface area (Å²) in [7, 11) is 1.60. The van der Waals surface area contributed by atoms with Gasteiger partial charge in [0.05, 0.1) is 7.11 Å². The average molecular weight is 129 g/mol. The van der Waals surface area contributed by atoms with E-state index in [2.05, 4.69) is 32.7 Å². The third-order valence-electron chi connectivity index (χ3n) is 0.761. The molecule has 1 N–H and O–H groups in total. The Balaban J connectivity index is 3.60. The third-order valence-corrected chi connectivity index (χ3v) is 0.761. The molecule has 0 unspecified atom stereocenters. The lowest BCUT2D eigenvalue weighted by Gasteiger charge is -2.22. The highest BCUT2D eigenvalue weighted by Gasteiger charge is 2.08. The number of ether oxygens (including phenoxy) is 1. The lowest BCUT2D eigenvalue weighted by molar-refractivity contribution is 0.235. The Kier molecular flexibility index (Phi) is 2.56. The molecule has 0 amide bonds. The van der Waals surface area contributed by atoms with Crippen molar-refractivity contribution in [1.82, 2.24) is 5.32 Å². The summed E-state index contributed by atoms with van der Waals surface area (Å²) in [6.45, 7) is 9.78. The molecule has 54 valence electrons. The van der Waals surface area contributed by atoms with Crippen LogP contribution in [-0.2, 0) is 4.74 Å². The van der Waals surface area contributed by atoms with Crippen LogP contribution >= 0.6 is 0 Å².